The van der Waals surface area contributed by atoms with Crippen LogP contribution in [0.2, 0.25) is 0 Å². The van der Waals surface area contributed by atoms with Gasteiger partial charge in [-0.3, -0.25) is 0 Å². The number of benzene rings is 2. The molecule has 2 rings (SSSR count). The molecule has 2 aromatic carbocycles. The van der Waals surface area contributed by atoms with Crippen LogP contribution in [0, 0.1) is 13.8 Å². The number of phenols is 2. The van der Waals surface area contributed by atoms with Gasteiger partial charge in [-0.1, -0.05) is 18.2 Å². The predicted octanol–water partition coefficient (Wildman–Crippen LogP) is 3.38. The summed E-state index contributed by atoms with van der Waals surface area (Å²) >= 11 is 0. The van der Waals surface area contributed by atoms with Gasteiger partial charge in [0, 0.05) is 0 Å². The van der Waals surface area contributed by atoms with Gasteiger partial charge in [-0.15, -0.1) is 0 Å². The normalized spacial score (nSPS) is 10.4. The highest BCUT2D eigenvalue weighted by Crippen LogP contribution is 2.30. The molecule has 0 saturated carbocycles. The lowest BCUT2D eigenvalue weighted by Gasteiger charge is -2.10. The largest absolute Gasteiger partial charge is 0.508 e. The summed E-state index contributed by atoms with van der Waals surface area (Å²) in [6, 6.07) is 10.7. The Morgan fingerprint density at radius 1 is 0.750 bits per heavy atom. The molecule has 0 saturated heterocycles. The molecule has 0 unspecified atom stereocenters. The van der Waals surface area contributed by atoms with E-state index in [-0.39, 0.29) is 5.75 Å². The Morgan fingerprint density at radius 2 is 1.38 bits per heavy atom. The van der Waals surface area contributed by atoms with Crippen LogP contribution >= 0.6 is 0 Å². The maximum atomic E-state index is 9.58. The third kappa shape index (κ3) is 1.74. The number of hydrogen-bond acceptors (Lipinski definition) is 2. The average molecular weight is 214 g/mol. The van der Waals surface area contributed by atoms with Crippen LogP contribution in [0.5, 0.6) is 11.5 Å². The number of rotatable bonds is 1. The van der Waals surface area contributed by atoms with Crippen LogP contribution in [0.4, 0.5) is 0 Å². The fourth-order valence-electron chi connectivity index (χ4n) is 1.76. The Balaban J connectivity index is 2.57. The van der Waals surface area contributed by atoms with Crippen LogP contribution in [-0.4, -0.2) is 10.2 Å². The molecule has 0 aliphatic heterocycles. The van der Waals surface area contributed by atoms with Gasteiger partial charge in [0.1, 0.15) is 11.5 Å². The SMILES string of the molecule is Cc1c(O)ccc(-c2ccc(O)cc2)c1C. The van der Waals surface area contributed by atoms with Crippen molar-refractivity contribution in [3.8, 4) is 22.6 Å². The molecule has 82 valence electrons. The molecule has 0 bridgehead atoms. The topological polar surface area (TPSA) is 40.5 Å². The second-order valence-electron chi connectivity index (χ2n) is 3.93. The molecule has 0 aliphatic rings. The number of aromatic hydroxyl groups is 2. The van der Waals surface area contributed by atoms with Crippen molar-refractivity contribution < 1.29 is 10.2 Å². The van der Waals surface area contributed by atoms with E-state index >= 15 is 0 Å². The van der Waals surface area contributed by atoms with Crippen LogP contribution in [0.3, 0.4) is 0 Å². The molecule has 2 aromatic rings. The van der Waals surface area contributed by atoms with Crippen molar-refractivity contribution >= 4 is 0 Å². The van der Waals surface area contributed by atoms with E-state index in [9.17, 15) is 10.2 Å². The third-order valence-corrected chi connectivity index (χ3v) is 2.94. The van der Waals surface area contributed by atoms with Crippen molar-refractivity contribution in [3.05, 3.63) is 47.5 Å². The lowest BCUT2D eigenvalue weighted by atomic mass is 9.96. The summed E-state index contributed by atoms with van der Waals surface area (Å²) in [4.78, 5) is 0. The van der Waals surface area contributed by atoms with E-state index in [4.69, 9.17) is 0 Å². The van der Waals surface area contributed by atoms with Crippen LogP contribution in [0.15, 0.2) is 36.4 Å². The molecule has 0 amide bonds. The zero-order valence-electron chi connectivity index (χ0n) is 9.36. The predicted molar refractivity (Wildman–Crippen MR) is 64.7 cm³/mol. The van der Waals surface area contributed by atoms with Gasteiger partial charge in [0.05, 0.1) is 0 Å². The maximum absolute atomic E-state index is 9.58. The van der Waals surface area contributed by atoms with E-state index in [1.165, 1.54) is 0 Å². The summed E-state index contributed by atoms with van der Waals surface area (Å²) in [5.74, 6) is 0.580. The Morgan fingerprint density at radius 3 is 2.00 bits per heavy atom. The van der Waals surface area contributed by atoms with Crippen molar-refractivity contribution in [3.63, 3.8) is 0 Å². The van der Waals surface area contributed by atoms with Gasteiger partial charge in [-0.05, 0) is 54.3 Å². The van der Waals surface area contributed by atoms with E-state index in [0.717, 1.165) is 22.3 Å². The first kappa shape index (κ1) is 10.6. The van der Waals surface area contributed by atoms with Crippen LogP contribution < -0.4 is 0 Å². The van der Waals surface area contributed by atoms with Crippen molar-refractivity contribution in [1.82, 2.24) is 0 Å². The molecule has 0 aromatic heterocycles. The maximum Gasteiger partial charge on any atom is 0.118 e. The highest BCUT2D eigenvalue weighted by Gasteiger charge is 2.07. The van der Waals surface area contributed by atoms with E-state index in [1.807, 2.05) is 32.0 Å². The quantitative estimate of drug-likeness (QED) is 0.764. The third-order valence-electron chi connectivity index (χ3n) is 2.94. The molecule has 2 nitrogen and oxygen atoms in total. The van der Waals surface area contributed by atoms with Crippen molar-refractivity contribution in [2.45, 2.75) is 13.8 Å². The minimum Gasteiger partial charge on any atom is -0.508 e. The molecule has 2 heteroatoms. The molecule has 0 heterocycles. The Kier molecular flexibility index (Phi) is 2.57. The Hall–Kier alpha value is -1.96. The standard InChI is InChI=1S/C14H14O2/c1-9-10(2)14(16)8-7-13(9)11-3-5-12(15)6-4-11/h3-8,15-16H,1-2H3. The van der Waals surface area contributed by atoms with Crippen LogP contribution in [-0.2, 0) is 0 Å². The number of hydrogen-bond donors (Lipinski definition) is 2. The van der Waals surface area contributed by atoms with Gasteiger partial charge < -0.3 is 10.2 Å². The van der Waals surface area contributed by atoms with E-state index in [0.29, 0.717) is 5.75 Å². The molecule has 0 fully saturated rings. The minimum atomic E-state index is 0.261. The monoisotopic (exact) mass is 214 g/mol. The summed E-state index contributed by atoms with van der Waals surface area (Å²) in [5.41, 5.74) is 4.07. The zero-order valence-corrected chi connectivity index (χ0v) is 9.36. The van der Waals surface area contributed by atoms with Crippen molar-refractivity contribution in [2.75, 3.05) is 0 Å². The van der Waals surface area contributed by atoms with Gasteiger partial charge in [0.15, 0.2) is 0 Å². The Labute approximate surface area is 94.8 Å². The van der Waals surface area contributed by atoms with Crippen molar-refractivity contribution in [1.29, 1.82) is 0 Å². The molecule has 0 aliphatic carbocycles. The fourth-order valence-corrected chi connectivity index (χ4v) is 1.76. The first-order valence-corrected chi connectivity index (χ1v) is 5.18. The summed E-state index contributed by atoms with van der Waals surface area (Å²) in [6.07, 6.45) is 0. The average Bonchev–Trinajstić information content (AvgIpc) is 2.28. The summed E-state index contributed by atoms with van der Waals surface area (Å²) in [7, 11) is 0. The first-order valence-electron chi connectivity index (χ1n) is 5.18. The van der Waals surface area contributed by atoms with Crippen LogP contribution in [0.1, 0.15) is 11.1 Å². The van der Waals surface area contributed by atoms with Gasteiger partial charge in [0.25, 0.3) is 0 Å². The van der Waals surface area contributed by atoms with E-state index in [1.54, 1.807) is 18.2 Å². The van der Waals surface area contributed by atoms with Gasteiger partial charge >= 0.3 is 0 Å². The van der Waals surface area contributed by atoms with Crippen LogP contribution in [0.25, 0.3) is 11.1 Å². The summed E-state index contributed by atoms with van der Waals surface area (Å²) in [6.45, 7) is 3.88. The van der Waals surface area contributed by atoms with Gasteiger partial charge in [-0.25, -0.2) is 0 Å². The second-order valence-corrected chi connectivity index (χ2v) is 3.93. The smallest absolute Gasteiger partial charge is 0.118 e. The zero-order chi connectivity index (χ0) is 11.7. The summed E-state index contributed by atoms with van der Waals surface area (Å²) in [5, 5.41) is 18.8. The Bertz CT molecular complexity index is 513. The molecule has 2 N–H and O–H groups in total. The van der Waals surface area contributed by atoms with Gasteiger partial charge in [0.2, 0.25) is 0 Å². The summed E-state index contributed by atoms with van der Waals surface area (Å²) < 4.78 is 0. The van der Waals surface area contributed by atoms with Gasteiger partial charge in [-0.2, -0.15) is 0 Å². The fraction of sp³-hybridized carbons (Fsp3) is 0.143. The van der Waals surface area contributed by atoms with E-state index < -0.39 is 0 Å². The number of phenolic OH excluding ortho intramolecular Hbond substituents is 2. The minimum absolute atomic E-state index is 0.261. The molecular weight excluding hydrogens is 200 g/mol. The first-order chi connectivity index (χ1) is 7.59. The molecular formula is C14H14O2. The van der Waals surface area contributed by atoms with Crippen molar-refractivity contribution in [2.24, 2.45) is 0 Å². The second kappa shape index (κ2) is 3.89. The highest BCUT2D eigenvalue weighted by molar-refractivity contribution is 5.70. The molecule has 0 spiro atoms. The highest BCUT2D eigenvalue weighted by atomic mass is 16.3. The molecule has 0 atom stereocenters. The lowest BCUT2D eigenvalue weighted by molar-refractivity contribution is 0.470. The molecule has 16 heavy (non-hydrogen) atoms. The lowest BCUT2D eigenvalue weighted by Crippen LogP contribution is -1.87. The van der Waals surface area contributed by atoms with E-state index in [2.05, 4.69) is 0 Å². The molecule has 0 radical (unpaired) electrons.